The lowest BCUT2D eigenvalue weighted by Gasteiger charge is -2.20. The lowest BCUT2D eigenvalue weighted by atomic mass is 9.92. The van der Waals surface area contributed by atoms with E-state index in [0.29, 0.717) is 0 Å². The molecule has 14 heteroatoms. The summed E-state index contributed by atoms with van der Waals surface area (Å²) in [6.07, 6.45) is 0. The molecule has 0 saturated heterocycles. The second kappa shape index (κ2) is 7.05. The van der Waals surface area contributed by atoms with Gasteiger partial charge in [-0.15, -0.1) is 0 Å². The normalized spacial score (nSPS) is 11.0. The molecular weight excluding hydrogens is 504 g/mol. The Morgan fingerprint density at radius 3 is 0.656 bits per heavy atom. The van der Waals surface area contributed by atoms with Crippen molar-refractivity contribution in [3.05, 3.63) is 4.47 Å². The number of halogens is 1. The zero-order valence-electron chi connectivity index (χ0n) is 15.2. The quantitative estimate of drug-likeness (QED) is 0.171. The van der Waals surface area contributed by atoms with Gasteiger partial charge in [-0.3, -0.25) is 0 Å². The first-order valence-corrected chi connectivity index (χ1v) is 8.89. The third-order valence-electron chi connectivity index (χ3n) is 4.60. The van der Waals surface area contributed by atoms with Gasteiger partial charge in [0.2, 0.25) is 17.2 Å². The molecule has 0 aromatic heterocycles. The van der Waals surface area contributed by atoms with E-state index in [4.69, 9.17) is 0 Å². The summed E-state index contributed by atoms with van der Waals surface area (Å²) in [5, 5.41) is 131. The predicted octanol–water partition coefficient (Wildman–Crippen LogP) is 1.96. The fourth-order valence-electron chi connectivity index (χ4n) is 3.00. The Morgan fingerprint density at radius 1 is 0.250 bits per heavy atom. The smallest absolute Gasteiger partial charge is 0.208 e. The molecule has 170 valence electrons. The van der Waals surface area contributed by atoms with Gasteiger partial charge in [-0.05, 0) is 15.9 Å². The maximum Gasteiger partial charge on any atom is 0.208 e. The van der Waals surface area contributed by atoms with Crippen LogP contribution >= 0.6 is 15.9 Å². The Balaban J connectivity index is 2.50. The standard InChI is InChI=1S/C18H13BrO13/c19-5-14(28)10(24)3(11(25)15(5)29)1-6(20)8(22)2(9(23)7(1)21)4-12(26)16(30)18(32)17(31)13(4)27/h20-32H. The van der Waals surface area contributed by atoms with E-state index in [2.05, 4.69) is 15.9 Å². The topological polar surface area (TPSA) is 263 Å². The first kappa shape index (κ1) is 22.2. The Morgan fingerprint density at radius 2 is 0.406 bits per heavy atom. The molecule has 0 amide bonds. The third-order valence-corrected chi connectivity index (χ3v) is 5.36. The van der Waals surface area contributed by atoms with E-state index in [1.807, 2.05) is 0 Å². The average Bonchev–Trinajstić information content (AvgIpc) is 2.76. The molecular formula is C18H13BrO13. The summed E-state index contributed by atoms with van der Waals surface area (Å²) in [7, 11) is 0. The molecule has 0 spiro atoms. The number of phenolic OH excluding ortho intramolecular Hbond substituents is 13. The molecule has 0 aliphatic heterocycles. The van der Waals surface area contributed by atoms with Gasteiger partial charge < -0.3 is 66.4 Å². The number of aromatic hydroxyl groups is 13. The van der Waals surface area contributed by atoms with Crippen LogP contribution in [0.5, 0.6) is 74.7 Å². The number of benzene rings is 3. The zero-order valence-corrected chi connectivity index (χ0v) is 16.8. The van der Waals surface area contributed by atoms with Crippen LogP contribution in [-0.4, -0.2) is 66.4 Å². The third kappa shape index (κ3) is 2.70. The van der Waals surface area contributed by atoms with Gasteiger partial charge in [-0.1, -0.05) is 0 Å². The molecule has 32 heavy (non-hydrogen) atoms. The van der Waals surface area contributed by atoms with E-state index in [-0.39, 0.29) is 0 Å². The molecule has 3 aromatic rings. The highest BCUT2D eigenvalue weighted by Crippen LogP contribution is 2.65. The Labute approximate surface area is 184 Å². The van der Waals surface area contributed by atoms with E-state index in [1.165, 1.54) is 0 Å². The first-order chi connectivity index (χ1) is 14.7. The second-order valence-corrected chi connectivity index (χ2v) is 7.14. The van der Waals surface area contributed by atoms with Crippen LogP contribution in [0, 0.1) is 0 Å². The molecule has 0 aliphatic carbocycles. The molecule has 0 unspecified atom stereocenters. The molecule has 13 nitrogen and oxygen atoms in total. The Hall–Kier alpha value is -4.46. The Bertz CT molecular complexity index is 1130. The van der Waals surface area contributed by atoms with E-state index in [0.717, 1.165) is 0 Å². The Kier molecular flexibility index (Phi) is 4.90. The van der Waals surface area contributed by atoms with Crippen molar-refractivity contribution in [2.45, 2.75) is 0 Å². The molecule has 0 fully saturated rings. The van der Waals surface area contributed by atoms with Crippen molar-refractivity contribution in [3.8, 4) is 97.0 Å². The largest absolute Gasteiger partial charge is 0.504 e. The van der Waals surface area contributed by atoms with Crippen molar-refractivity contribution >= 4 is 15.9 Å². The highest BCUT2D eigenvalue weighted by Gasteiger charge is 2.35. The minimum atomic E-state index is -1.45. The van der Waals surface area contributed by atoms with Crippen molar-refractivity contribution < 1.29 is 66.4 Å². The molecule has 0 bridgehead atoms. The maximum atomic E-state index is 10.4. The number of hydrogen-bond acceptors (Lipinski definition) is 13. The van der Waals surface area contributed by atoms with Crippen molar-refractivity contribution in [3.63, 3.8) is 0 Å². The second-order valence-electron chi connectivity index (χ2n) is 6.35. The van der Waals surface area contributed by atoms with Gasteiger partial charge in [0, 0.05) is 0 Å². The van der Waals surface area contributed by atoms with Gasteiger partial charge in [-0.2, -0.15) is 0 Å². The lowest BCUT2D eigenvalue weighted by molar-refractivity contribution is 0.329. The van der Waals surface area contributed by atoms with E-state index in [1.54, 1.807) is 0 Å². The fraction of sp³-hybridized carbons (Fsp3) is 0. The summed E-state index contributed by atoms with van der Waals surface area (Å²) in [4.78, 5) is 0. The lowest BCUT2D eigenvalue weighted by Crippen LogP contribution is -1.92. The summed E-state index contributed by atoms with van der Waals surface area (Å²) in [6, 6.07) is 0. The van der Waals surface area contributed by atoms with Crippen LogP contribution in [-0.2, 0) is 0 Å². The zero-order chi connectivity index (χ0) is 24.4. The summed E-state index contributed by atoms with van der Waals surface area (Å²) in [6.45, 7) is 0. The van der Waals surface area contributed by atoms with Gasteiger partial charge >= 0.3 is 0 Å². The maximum absolute atomic E-state index is 10.4. The highest BCUT2D eigenvalue weighted by molar-refractivity contribution is 9.10. The fourth-order valence-corrected chi connectivity index (χ4v) is 3.38. The molecule has 3 aromatic carbocycles. The summed E-state index contributed by atoms with van der Waals surface area (Å²) >= 11 is 2.66. The van der Waals surface area contributed by atoms with E-state index in [9.17, 15) is 66.4 Å². The molecule has 0 atom stereocenters. The SMILES string of the molecule is Oc1c(O)c(O)c(-c2c(O)c(O)c(-c3c(O)c(O)c(Br)c(O)c3O)c(O)c2O)c(O)c1O. The minimum absolute atomic E-state index is 0.579. The first-order valence-electron chi connectivity index (χ1n) is 8.10. The molecule has 13 N–H and O–H groups in total. The number of phenols is 13. The number of rotatable bonds is 2. The number of hydrogen-bond donors (Lipinski definition) is 13. The molecule has 0 saturated carbocycles. The van der Waals surface area contributed by atoms with Crippen molar-refractivity contribution in [2.24, 2.45) is 0 Å². The summed E-state index contributed by atoms with van der Waals surface area (Å²) in [5.41, 5.74) is -4.50. The van der Waals surface area contributed by atoms with Gasteiger partial charge in [0.15, 0.2) is 57.5 Å². The predicted molar refractivity (Wildman–Crippen MR) is 107 cm³/mol. The van der Waals surface area contributed by atoms with E-state index < -0.39 is 101 Å². The summed E-state index contributed by atoms with van der Waals surface area (Å²) in [5.74, 6) is -17.4. The van der Waals surface area contributed by atoms with Crippen LogP contribution in [0.3, 0.4) is 0 Å². The van der Waals surface area contributed by atoms with E-state index >= 15 is 0 Å². The highest BCUT2D eigenvalue weighted by atomic mass is 79.9. The van der Waals surface area contributed by atoms with Crippen LogP contribution in [0.25, 0.3) is 22.3 Å². The average molecular weight is 517 g/mol. The molecule has 3 rings (SSSR count). The van der Waals surface area contributed by atoms with Gasteiger partial charge in [-0.25, -0.2) is 0 Å². The molecule has 0 aliphatic rings. The minimum Gasteiger partial charge on any atom is -0.504 e. The van der Waals surface area contributed by atoms with Gasteiger partial charge in [0.25, 0.3) is 0 Å². The summed E-state index contributed by atoms with van der Waals surface area (Å²) < 4.78 is -0.579. The van der Waals surface area contributed by atoms with Gasteiger partial charge in [0.1, 0.15) is 4.47 Å². The molecule has 0 heterocycles. The van der Waals surface area contributed by atoms with Crippen molar-refractivity contribution in [1.82, 2.24) is 0 Å². The van der Waals surface area contributed by atoms with Crippen molar-refractivity contribution in [1.29, 1.82) is 0 Å². The van der Waals surface area contributed by atoms with Crippen molar-refractivity contribution in [2.75, 3.05) is 0 Å². The monoisotopic (exact) mass is 516 g/mol. The molecule has 0 radical (unpaired) electrons. The van der Waals surface area contributed by atoms with Gasteiger partial charge in [0.05, 0.1) is 22.3 Å². The van der Waals surface area contributed by atoms with Crippen LogP contribution < -0.4 is 0 Å². The van der Waals surface area contributed by atoms with Crippen LogP contribution in [0.4, 0.5) is 0 Å². The van der Waals surface area contributed by atoms with Crippen LogP contribution in [0.1, 0.15) is 0 Å². The van der Waals surface area contributed by atoms with Crippen LogP contribution in [0.2, 0.25) is 0 Å². The van der Waals surface area contributed by atoms with Crippen LogP contribution in [0.15, 0.2) is 4.47 Å².